The molecule has 0 amide bonds. The van der Waals surface area contributed by atoms with Crippen molar-refractivity contribution >= 4 is 43.5 Å². The van der Waals surface area contributed by atoms with Crippen LogP contribution in [0.2, 0.25) is 0 Å². The molecule has 3 heterocycles. The number of hydrogen-bond acceptors (Lipinski definition) is 3. The molecule has 0 bridgehead atoms. The second kappa shape index (κ2) is 8.89. The summed E-state index contributed by atoms with van der Waals surface area (Å²) in [6.45, 7) is 0. The minimum atomic E-state index is 0.833. The van der Waals surface area contributed by atoms with Crippen molar-refractivity contribution in [3.63, 3.8) is 0 Å². The first-order chi connectivity index (χ1) is 18.3. The zero-order valence-electron chi connectivity index (χ0n) is 20.0. The molecule has 0 unspecified atom stereocenters. The second-order valence-corrected chi connectivity index (χ2v) is 9.10. The molecule has 0 aliphatic carbocycles. The zero-order chi connectivity index (χ0) is 24.6. The van der Waals surface area contributed by atoms with E-state index in [9.17, 15) is 0 Å². The summed E-state index contributed by atoms with van der Waals surface area (Å²) in [6, 6.07) is 38.0. The number of rotatable bonds is 2. The van der Waals surface area contributed by atoms with E-state index in [1.807, 2.05) is 48.8 Å². The third-order valence-electron chi connectivity index (χ3n) is 6.89. The van der Waals surface area contributed by atoms with Crippen molar-refractivity contribution in [2.45, 2.75) is 0 Å². The Morgan fingerprint density at radius 1 is 0.378 bits per heavy atom. The lowest BCUT2D eigenvalue weighted by Gasteiger charge is -2.08. The highest BCUT2D eigenvalue weighted by Crippen LogP contribution is 2.36. The van der Waals surface area contributed by atoms with Gasteiger partial charge in [-0.1, -0.05) is 72.8 Å². The molecular formula is C34H22N2O. The standard InChI is InChI=1S/C34H22N2O/c1-3-11-33-29(9-1)31-19-23(25-7-5-17-35-21-25)13-15-27(31)28-16-14-24(26-8-6-18-36-22-26)20-32(28)30-10-2-4-12-34(30)37-33/h1-22H. The van der Waals surface area contributed by atoms with Gasteiger partial charge in [0.1, 0.15) is 11.2 Å². The van der Waals surface area contributed by atoms with Gasteiger partial charge in [0.25, 0.3) is 0 Å². The molecule has 174 valence electrons. The van der Waals surface area contributed by atoms with Gasteiger partial charge in [0, 0.05) is 46.7 Å². The maximum atomic E-state index is 6.64. The minimum Gasteiger partial charge on any atom is -0.456 e. The Bertz CT molecular complexity index is 1830. The number of hydrogen-bond donors (Lipinski definition) is 0. The second-order valence-electron chi connectivity index (χ2n) is 9.10. The predicted octanol–water partition coefficient (Wildman–Crippen LogP) is 9.14. The van der Waals surface area contributed by atoms with E-state index < -0.39 is 0 Å². The van der Waals surface area contributed by atoms with Crippen LogP contribution in [0.5, 0.6) is 0 Å². The van der Waals surface area contributed by atoms with Crippen molar-refractivity contribution < 1.29 is 4.42 Å². The van der Waals surface area contributed by atoms with Gasteiger partial charge in [-0.25, -0.2) is 0 Å². The molecule has 0 radical (unpaired) electrons. The normalized spacial score (nSPS) is 11.2. The summed E-state index contributed by atoms with van der Waals surface area (Å²) in [4.78, 5) is 8.68. The van der Waals surface area contributed by atoms with E-state index >= 15 is 0 Å². The molecule has 3 nitrogen and oxygen atoms in total. The van der Waals surface area contributed by atoms with Crippen molar-refractivity contribution in [1.82, 2.24) is 9.97 Å². The molecule has 0 spiro atoms. The molecule has 4 aromatic carbocycles. The van der Waals surface area contributed by atoms with Crippen LogP contribution in [0.15, 0.2) is 138 Å². The summed E-state index contributed by atoms with van der Waals surface area (Å²) in [6.07, 6.45) is 7.42. The molecule has 7 aromatic rings. The number of pyridine rings is 2. The predicted molar refractivity (Wildman–Crippen MR) is 153 cm³/mol. The smallest absolute Gasteiger partial charge is 0.135 e. The van der Waals surface area contributed by atoms with Crippen LogP contribution in [-0.2, 0) is 0 Å². The number of fused-ring (bicyclic) bond motifs is 7. The van der Waals surface area contributed by atoms with Gasteiger partial charge in [-0.05, 0) is 69.1 Å². The lowest BCUT2D eigenvalue weighted by molar-refractivity contribution is 0.663. The quantitative estimate of drug-likeness (QED) is 0.251. The van der Waals surface area contributed by atoms with Crippen molar-refractivity contribution in [3.8, 4) is 22.3 Å². The molecule has 7 rings (SSSR count). The number of nitrogens with zero attached hydrogens (tertiary/aromatic N) is 2. The van der Waals surface area contributed by atoms with Crippen molar-refractivity contribution in [2.24, 2.45) is 0 Å². The van der Waals surface area contributed by atoms with Gasteiger partial charge in [0.2, 0.25) is 0 Å². The molecule has 0 aliphatic rings. The Balaban J connectivity index is 1.71. The van der Waals surface area contributed by atoms with Gasteiger partial charge >= 0.3 is 0 Å². The monoisotopic (exact) mass is 474 g/mol. The highest BCUT2D eigenvalue weighted by Gasteiger charge is 2.10. The summed E-state index contributed by atoms with van der Waals surface area (Å²) < 4.78 is 6.64. The highest BCUT2D eigenvalue weighted by atomic mass is 16.3. The van der Waals surface area contributed by atoms with Gasteiger partial charge in [0.05, 0.1) is 0 Å². The van der Waals surface area contributed by atoms with Crippen molar-refractivity contribution in [2.75, 3.05) is 0 Å². The Kier molecular flexibility index (Phi) is 5.11. The van der Waals surface area contributed by atoms with Gasteiger partial charge in [-0.15, -0.1) is 0 Å². The fourth-order valence-corrected chi connectivity index (χ4v) is 5.10. The van der Waals surface area contributed by atoms with Crippen LogP contribution in [0, 0.1) is 0 Å². The first-order valence-electron chi connectivity index (χ1n) is 12.3. The SMILES string of the molecule is c1cncc(-c2ccc3c(c2)c2ccccc2oc2ccccc2c2cc(-c4cccnc4)ccc23)c1. The lowest BCUT2D eigenvalue weighted by atomic mass is 9.96. The Labute approximate surface area is 214 Å². The van der Waals surface area contributed by atoms with E-state index in [4.69, 9.17) is 4.42 Å². The average Bonchev–Trinajstić information content (AvgIpc) is 3.02. The Morgan fingerprint density at radius 3 is 1.32 bits per heavy atom. The first-order valence-corrected chi connectivity index (χ1v) is 12.3. The van der Waals surface area contributed by atoms with Crippen LogP contribution in [-0.4, -0.2) is 9.97 Å². The highest BCUT2D eigenvalue weighted by molar-refractivity contribution is 6.19. The molecule has 37 heavy (non-hydrogen) atoms. The Hall–Kier alpha value is -5.02. The van der Waals surface area contributed by atoms with Crippen LogP contribution in [0.1, 0.15) is 0 Å². The van der Waals surface area contributed by atoms with Gasteiger partial charge in [-0.2, -0.15) is 0 Å². The maximum Gasteiger partial charge on any atom is 0.135 e. The fraction of sp³-hybridized carbons (Fsp3) is 0. The average molecular weight is 475 g/mol. The first kappa shape index (κ1) is 21.3. The zero-order valence-corrected chi connectivity index (χ0v) is 20.0. The fourth-order valence-electron chi connectivity index (χ4n) is 5.10. The number of aromatic nitrogens is 2. The molecule has 3 heteroatoms. The van der Waals surface area contributed by atoms with E-state index in [1.54, 1.807) is 12.4 Å². The van der Waals surface area contributed by atoms with Crippen LogP contribution in [0.3, 0.4) is 0 Å². The van der Waals surface area contributed by atoms with E-state index in [0.29, 0.717) is 0 Å². The van der Waals surface area contributed by atoms with Crippen LogP contribution < -0.4 is 0 Å². The summed E-state index contributed by atoms with van der Waals surface area (Å²) in [5, 5.41) is 6.69. The molecule has 0 N–H and O–H groups in total. The molecular weight excluding hydrogens is 452 g/mol. The van der Waals surface area contributed by atoms with E-state index in [2.05, 4.69) is 82.8 Å². The molecule has 0 saturated heterocycles. The summed E-state index contributed by atoms with van der Waals surface area (Å²) >= 11 is 0. The molecule has 0 fully saturated rings. The van der Waals surface area contributed by atoms with Crippen LogP contribution in [0.4, 0.5) is 0 Å². The van der Waals surface area contributed by atoms with Crippen molar-refractivity contribution in [3.05, 3.63) is 134 Å². The van der Waals surface area contributed by atoms with Crippen LogP contribution in [0.25, 0.3) is 65.7 Å². The maximum absolute atomic E-state index is 6.64. The number of para-hydroxylation sites is 2. The third kappa shape index (κ3) is 3.78. The van der Waals surface area contributed by atoms with Crippen molar-refractivity contribution in [1.29, 1.82) is 0 Å². The van der Waals surface area contributed by atoms with E-state index in [0.717, 1.165) is 65.7 Å². The van der Waals surface area contributed by atoms with Crippen LogP contribution >= 0.6 is 0 Å². The van der Waals surface area contributed by atoms with Gasteiger partial charge < -0.3 is 4.42 Å². The van der Waals surface area contributed by atoms with Gasteiger partial charge in [0.15, 0.2) is 0 Å². The third-order valence-corrected chi connectivity index (χ3v) is 6.89. The topological polar surface area (TPSA) is 38.9 Å². The molecule has 3 aromatic heterocycles. The molecule has 0 saturated carbocycles. The lowest BCUT2D eigenvalue weighted by Crippen LogP contribution is -1.83. The largest absolute Gasteiger partial charge is 0.456 e. The van der Waals surface area contributed by atoms with Gasteiger partial charge in [-0.3, -0.25) is 9.97 Å². The molecule has 0 atom stereocenters. The van der Waals surface area contributed by atoms with E-state index in [1.165, 1.54) is 0 Å². The summed E-state index contributed by atoms with van der Waals surface area (Å²) in [7, 11) is 0. The summed E-state index contributed by atoms with van der Waals surface area (Å²) in [5.74, 6) is 0. The Morgan fingerprint density at radius 2 is 0.865 bits per heavy atom. The minimum absolute atomic E-state index is 0.833. The molecule has 0 aliphatic heterocycles. The summed E-state index contributed by atoms with van der Waals surface area (Å²) in [5.41, 5.74) is 6.07. The number of benzene rings is 4. The van der Waals surface area contributed by atoms with E-state index in [-0.39, 0.29) is 0 Å².